The molecule has 0 bridgehead atoms. The number of hydrogen-bond acceptors (Lipinski definition) is 5. The van der Waals surface area contributed by atoms with Gasteiger partial charge < -0.3 is 21.3 Å². The number of pyridine rings is 1. The van der Waals surface area contributed by atoms with Gasteiger partial charge in [-0.3, -0.25) is 9.78 Å². The van der Waals surface area contributed by atoms with Crippen molar-refractivity contribution in [3.05, 3.63) is 84.2 Å². The van der Waals surface area contributed by atoms with Gasteiger partial charge in [-0.2, -0.15) is 0 Å². The molecule has 0 saturated heterocycles. The Morgan fingerprint density at radius 2 is 1.80 bits per heavy atom. The standard InChI is InChI=1S/C22H20N6O2/c1-23-14-7-6-8-15(13-14)25-22(30)28-20-21(29)26-17-10-3-2-9-16(17)19(27-20)18-11-4-5-12-24-18/h2-13,20,23H,1H3,(H,26,29)(H2,25,28,30)/t20-/m0/s1. The molecule has 0 saturated carbocycles. The molecular formula is C22H20N6O2. The van der Waals surface area contributed by atoms with Crippen molar-refractivity contribution >= 4 is 34.7 Å². The minimum atomic E-state index is -1.12. The van der Waals surface area contributed by atoms with E-state index in [1.165, 1.54) is 0 Å². The molecule has 4 rings (SSSR count). The number of amides is 3. The van der Waals surface area contributed by atoms with Crippen molar-refractivity contribution in [2.24, 2.45) is 4.99 Å². The molecule has 3 amide bonds. The first-order valence-electron chi connectivity index (χ1n) is 9.39. The van der Waals surface area contributed by atoms with Gasteiger partial charge in [0.25, 0.3) is 5.91 Å². The SMILES string of the molecule is CNc1cccc(NC(=O)N[C@@H]2N=C(c3ccccn3)c3ccccc3NC2=O)c1. The average molecular weight is 400 g/mol. The van der Waals surface area contributed by atoms with E-state index in [2.05, 4.69) is 31.2 Å². The molecule has 8 nitrogen and oxygen atoms in total. The lowest BCUT2D eigenvalue weighted by molar-refractivity contribution is -0.117. The van der Waals surface area contributed by atoms with E-state index in [9.17, 15) is 9.59 Å². The number of aliphatic imine (C=N–C) groups is 1. The fraction of sp³-hybridized carbons (Fsp3) is 0.0909. The van der Waals surface area contributed by atoms with Crippen LogP contribution >= 0.6 is 0 Å². The smallest absolute Gasteiger partial charge is 0.321 e. The van der Waals surface area contributed by atoms with Crippen molar-refractivity contribution in [2.75, 3.05) is 23.0 Å². The molecule has 1 atom stereocenters. The van der Waals surface area contributed by atoms with Crippen LogP contribution in [0.2, 0.25) is 0 Å². The first-order chi connectivity index (χ1) is 14.6. The van der Waals surface area contributed by atoms with Gasteiger partial charge in [-0.15, -0.1) is 0 Å². The maximum absolute atomic E-state index is 12.8. The lowest BCUT2D eigenvalue weighted by atomic mass is 10.0. The third-order valence-electron chi connectivity index (χ3n) is 4.53. The van der Waals surface area contributed by atoms with Gasteiger partial charge in [0.15, 0.2) is 0 Å². The van der Waals surface area contributed by atoms with E-state index < -0.39 is 18.1 Å². The van der Waals surface area contributed by atoms with Crippen molar-refractivity contribution in [3.63, 3.8) is 0 Å². The number of benzene rings is 2. The van der Waals surface area contributed by atoms with E-state index in [1.807, 2.05) is 42.5 Å². The van der Waals surface area contributed by atoms with Crippen LogP contribution in [0.1, 0.15) is 11.3 Å². The zero-order valence-corrected chi connectivity index (χ0v) is 16.2. The number of urea groups is 1. The molecule has 30 heavy (non-hydrogen) atoms. The number of carbonyl (C=O) groups is 2. The molecule has 1 aliphatic heterocycles. The summed E-state index contributed by atoms with van der Waals surface area (Å²) < 4.78 is 0. The zero-order chi connectivity index (χ0) is 20.9. The zero-order valence-electron chi connectivity index (χ0n) is 16.2. The number of rotatable bonds is 4. The predicted octanol–water partition coefficient (Wildman–Crippen LogP) is 3.06. The largest absolute Gasteiger partial charge is 0.388 e. The first-order valence-corrected chi connectivity index (χ1v) is 9.39. The third kappa shape index (κ3) is 4.12. The molecule has 0 aliphatic carbocycles. The highest BCUT2D eigenvalue weighted by molar-refractivity contribution is 6.19. The number of anilines is 3. The third-order valence-corrected chi connectivity index (χ3v) is 4.53. The number of benzodiazepines with no additional fused rings is 1. The van der Waals surface area contributed by atoms with Gasteiger partial charge in [0.2, 0.25) is 6.17 Å². The summed E-state index contributed by atoms with van der Waals surface area (Å²) in [6.45, 7) is 0. The van der Waals surface area contributed by atoms with E-state index in [0.29, 0.717) is 22.8 Å². The Morgan fingerprint density at radius 1 is 1.00 bits per heavy atom. The van der Waals surface area contributed by atoms with Crippen LogP contribution in [-0.4, -0.2) is 35.8 Å². The lowest BCUT2D eigenvalue weighted by Crippen LogP contribution is -2.44. The summed E-state index contributed by atoms with van der Waals surface area (Å²) in [6.07, 6.45) is 0.534. The summed E-state index contributed by atoms with van der Waals surface area (Å²) in [6, 6.07) is 19.5. The minimum Gasteiger partial charge on any atom is -0.388 e. The maximum Gasteiger partial charge on any atom is 0.321 e. The summed E-state index contributed by atoms with van der Waals surface area (Å²) in [5.41, 5.74) is 3.91. The normalized spacial score (nSPS) is 15.2. The van der Waals surface area contributed by atoms with Crippen LogP contribution in [0.3, 0.4) is 0 Å². The average Bonchev–Trinajstić information content (AvgIpc) is 2.91. The van der Waals surface area contributed by atoms with Gasteiger partial charge in [-0.1, -0.05) is 30.3 Å². The summed E-state index contributed by atoms with van der Waals surface area (Å²) >= 11 is 0. The molecular weight excluding hydrogens is 380 g/mol. The van der Waals surface area contributed by atoms with Crippen LogP contribution in [0.15, 0.2) is 77.9 Å². The van der Waals surface area contributed by atoms with Crippen molar-refractivity contribution in [1.82, 2.24) is 10.3 Å². The Morgan fingerprint density at radius 3 is 2.60 bits per heavy atom. The Kier molecular flexibility index (Phi) is 5.38. The number of para-hydroxylation sites is 1. The van der Waals surface area contributed by atoms with Gasteiger partial charge in [-0.05, 0) is 36.4 Å². The number of nitrogens with one attached hydrogen (secondary N) is 4. The highest BCUT2D eigenvalue weighted by atomic mass is 16.2. The summed E-state index contributed by atoms with van der Waals surface area (Å²) in [5, 5.41) is 11.2. The van der Waals surface area contributed by atoms with Crippen LogP contribution < -0.4 is 21.3 Å². The monoisotopic (exact) mass is 400 g/mol. The van der Waals surface area contributed by atoms with Crippen LogP contribution in [-0.2, 0) is 4.79 Å². The second-order valence-electron chi connectivity index (χ2n) is 6.56. The molecule has 1 aliphatic rings. The number of fused-ring (bicyclic) bond motifs is 1. The Balaban J connectivity index is 1.62. The highest BCUT2D eigenvalue weighted by Crippen LogP contribution is 2.23. The molecule has 8 heteroatoms. The lowest BCUT2D eigenvalue weighted by Gasteiger charge is -2.14. The molecule has 0 spiro atoms. The van der Waals surface area contributed by atoms with Crippen LogP contribution in [0.25, 0.3) is 0 Å². The summed E-state index contributed by atoms with van der Waals surface area (Å²) in [5.74, 6) is -0.437. The molecule has 3 aromatic rings. The van der Waals surface area contributed by atoms with Crippen LogP contribution in [0.4, 0.5) is 21.9 Å². The van der Waals surface area contributed by atoms with E-state index >= 15 is 0 Å². The van der Waals surface area contributed by atoms with Gasteiger partial charge >= 0.3 is 6.03 Å². The van der Waals surface area contributed by atoms with Gasteiger partial charge in [0.05, 0.1) is 17.1 Å². The van der Waals surface area contributed by atoms with E-state index in [1.54, 1.807) is 37.5 Å². The van der Waals surface area contributed by atoms with Gasteiger partial charge in [0, 0.05) is 30.2 Å². The number of aromatic nitrogens is 1. The van der Waals surface area contributed by atoms with E-state index in [-0.39, 0.29) is 0 Å². The molecule has 150 valence electrons. The quantitative estimate of drug-likeness (QED) is 0.540. The Bertz CT molecular complexity index is 1110. The molecule has 1 aromatic heterocycles. The second kappa shape index (κ2) is 8.44. The molecule has 2 heterocycles. The number of carbonyl (C=O) groups excluding carboxylic acids is 2. The Labute approximate surface area is 173 Å². The van der Waals surface area contributed by atoms with Gasteiger partial charge in [0.1, 0.15) is 0 Å². The topological polar surface area (TPSA) is 108 Å². The van der Waals surface area contributed by atoms with Gasteiger partial charge in [-0.25, -0.2) is 9.79 Å². The van der Waals surface area contributed by atoms with Crippen molar-refractivity contribution < 1.29 is 9.59 Å². The predicted molar refractivity (Wildman–Crippen MR) is 117 cm³/mol. The van der Waals surface area contributed by atoms with Crippen LogP contribution in [0, 0.1) is 0 Å². The Hall–Kier alpha value is -4.20. The maximum atomic E-state index is 12.8. The molecule has 2 aromatic carbocycles. The van der Waals surface area contributed by atoms with Crippen molar-refractivity contribution in [2.45, 2.75) is 6.17 Å². The molecule has 0 fully saturated rings. The van der Waals surface area contributed by atoms with Crippen molar-refractivity contribution in [3.8, 4) is 0 Å². The molecule has 0 radical (unpaired) electrons. The minimum absolute atomic E-state index is 0.437. The van der Waals surface area contributed by atoms with E-state index in [0.717, 1.165) is 11.3 Å². The first kappa shape index (κ1) is 19.1. The number of nitrogens with zero attached hydrogens (tertiary/aromatic N) is 2. The fourth-order valence-corrected chi connectivity index (χ4v) is 3.11. The summed E-state index contributed by atoms with van der Waals surface area (Å²) in [7, 11) is 1.79. The summed E-state index contributed by atoms with van der Waals surface area (Å²) in [4.78, 5) is 34.2. The highest BCUT2D eigenvalue weighted by Gasteiger charge is 2.27. The molecule has 4 N–H and O–H groups in total. The van der Waals surface area contributed by atoms with E-state index in [4.69, 9.17) is 0 Å². The molecule has 0 unspecified atom stereocenters. The fourth-order valence-electron chi connectivity index (χ4n) is 3.11. The number of hydrogen-bond donors (Lipinski definition) is 4. The second-order valence-corrected chi connectivity index (χ2v) is 6.56. The van der Waals surface area contributed by atoms with Crippen molar-refractivity contribution in [1.29, 1.82) is 0 Å². The van der Waals surface area contributed by atoms with Crippen LogP contribution in [0.5, 0.6) is 0 Å².